The summed E-state index contributed by atoms with van der Waals surface area (Å²) in [5.74, 6) is -1.01. The lowest BCUT2D eigenvalue weighted by molar-refractivity contribution is -0.274. The monoisotopic (exact) mass is 428 g/mol. The molecular formula is C19H23F3N4O4. The molecule has 8 nitrogen and oxygen atoms in total. The van der Waals surface area contributed by atoms with Gasteiger partial charge in [0.15, 0.2) is 0 Å². The second-order valence-corrected chi connectivity index (χ2v) is 6.21. The lowest BCUT2D eigenvalue weighted by Crippen LogP contribution is -2.47. The first kappa shape index (κ1) is 23.4. The van der Waals surface area contributed by atoms with Crippen LogP contribution in [0.5, 0.6) is 5.75 Å². The number of aromatic amines is 1. The van der Waals surface area contributed by atoms with Gasteiger partial charge in [-0.1, -0.05) is 26.0 Å². The average Bonchev–Trinajstić information content (AvgIpc) is 2.70. The largest absolute Gasteiger partial charge is 0.573 e. The molecule has 0 saturated carbocycles. The lowest BCUT2D eigenvalue weighted by Gasteiger charge is -2.35. The molecule has 0 saturated heterocycles. The van der Waals surface area contributed by atoms with E-state index in [1.807, 2.05) is 18.7 Å². The van der Waals surface area contributed by atoms with E-state index in [1.54, 1.807) is 0 Å². The van der Waals surface area contributed by atoms with Crippen molar-refractivity contribution in [3.63, 3.8) is 0 Å². The molecule has 1 unspecified atom stereocenters. The number of benzene rings is 1. The molecule has 0 bridgehead atoms. The summed E-state index contributed by atoms with van der Waals surface area (Å²) in [5, 5.41) is 2.76. The van der Waals surface area contributed by atoms with Crippen LogP contribution in [0.2, 0.25) is 0 Å². The second kappa shape index (κ2) is 10.2. The third-order valence-electron chi connectivity index (χ3n) is 4.37. The minimum absolute atomic E-state index is 0.102. The fraction of sp³-hybridized carbons (Fsp3) is 0.421. The highest BCUT2D eigenvalue weighted by Crippen LogP contribution is 2.27. The Hall–Kier alpha value is -2.92. The smallest absolute Gasteiger partial charge is 0.406 e. The van der Waals surface area contributed by atoms with Gasteiger partial charge in [-0.25, -0.2) is 4.98 Å². The van der Waals surface area contributed by atoms with Crippen LogP contribution in [0.25, 0.3) is 0 Å². The van der Waals surface area contributed by atoms with E-state index in [0.29, 0.717) is 18.7 Å². The molecule has 0 aliphatic carbocycles. The van der Waals surface area contributed by atoms with Crippen LogP contribution in [-0.2, 0) is 4.74 Å². The topological polar surface area (TPSA) is 96.6 Å². The maximum atomic E-state index is 12.7. The number of ether oxygens (including phenoxy) is 2. The van der Waals surface area contributed by atoms with E-state index in [9.17, 15) is 22.8 Å². The van der Waals surface area contributed by atoms with Crippen LogP contribution in [0.3, 0.4) is 0 Å². The van der Waals surface area contributed by atoms with E-state index >= 15 is 0 Å². The molecule has 2 aromatic rings. The zero-order valence-electron chi connectivity index (χ0n) is 16.7. The molecule has 0 aliphatic heterocycles. The van der Waals surface area contributed by atoms with E-state index in [0.717, 1.165) is 24.5 Å². The molecule has 0 spiro atoms. The van der Waals surface area contributed by atoms with Gasteiger partial charge in [0.2, 0.25) is 0 Å². The van der Waals surface area contributed by atoms with Crippen molar-refractivity contribution in [1.82, 2.24) is 20.2 Å². The van der Waals surface area contributed by atoms with Crippen LogP contribution in [0.15, 0.2) is 41.5 Å². The van der Waals surface area contributed by atoms with Crippen molar-refractivity contribution in [2.24, 2.45) is 0 Å². The number of aromatic nitrogens is 2. The van der Waals surface area contributed by atoms with Crippen LogP contribution in [-0.4, -0.2) is 53.6 Å². The summed E-state index contributed by atoms with van der Waals surface area (Å²) >= 11 is 0. The van der Waals surface area contributed by atoms with Crippen LogP contribution >= 0.6 is 0 Å². The first-order valence-corrected chi connectivity index (χ1v) is 9.16. The highest BCUT2D eigenvalue weighted by molar-refractivity contribution is 5.92. The first-order chi connectivity index (χ1) is 14.2. The zero-order chi connectivity index (χ0) is 22.3. The minimum Gasteiger partial charge on any atom is -0.406 e. The van der Waals surface area contributed by atoms with E-state index < -0.39 is 30.1 Å². The van der Waals surface area contributed by atoms with Crippen molar-refractivity contribution < 1.29 is 27.4 Å². The summed E-state index contributed by atoms with van der Waals surface area (Å²) in [7, 11) is 1.47. The van der Waals surface area contributed by atoms with Gasteiger partial charge in [0.25, 0.3) is 11.5 Å². The highest BCUT2D eigenvalue weighted by Gasteiger charge is 2.32. The SMILES string of the molecule is CCN(CC)C(OC)[C@@H](NC(=O)c1cc(=O)[nH]cn1)c1ccc(OC(F)(F)F)cc1. The van der Waals surface area contributed by atoms with Crippen molar-refractivity contribution >= 4 is 5.91 Å². The van der Waals surface area contributed by atoms with E-state index in [1.165, 1.54) is 19.2 Å². The van der Waals surface area contributed by atoms with Gasteiger partial charge in [-0.3, -0.25) is 14.5 Å². The quantitative estimate of drug-likeness (QED) is 0.596. The number of amides is 1. The van der Waals surface area contributed by atoms with Crippen molar-refractivity contribution in [1.29, 1.82) is 0 Å². The van der Waals surface area contributed by atoms with Crippen molar-refractivity contribution in [2.75, 3.05) is 20.2 Å². The van der Waals surface area contributed by atoms with Crippen LogP contribution < -0.4 is 15.6 Å². The van der Waals surface area contributed by atoms with Gasteiger partial charge in [-0.2, -0.15) is 0 Å². The third-order valence-corrected chi connectivity index (χ3v) is 4.37. The number of nitrogens with one attached hydrogen (secondary N) is 2. The summed E-state index contributed by atoms with van der Waals surface area (Å²) in [6.45, 7) is 5.01. The number of hydrogen-bond acceptors (Lipinski definition) is 6. The predicted molar refractivity (Wildman–Crippen MR) is 102 cm³/mol. The van der Waals surface area contributed by atoms with Gasteiger partial charge in [0.05, 0.1) is 12.4 Å². The first-order valence-electron chi connectivity index (χ1n) is 9.16. The molecule has 1 heterocycles. The fourth-order valence-corrected chi connectivity index (χ4v) is 2.98. The molecule has 2 N–H and O–H groups in total. The van der Waals surface area contributed by atoms with Gasteiger partial charge in [-0.05, 0) is 30.8 Å². The molecule has 0 radical (unpaired) electrons. The van der Waals surface area contributed by atoms with Gasteiger partial charge in [0.1, 0.15) is 17.7 Å². The van der Waals surface area contributed by atoms with Crippen molar-refractivity contribution in [3.8, 4) is 5.75 Å². The predicted octanol–water partition coefficient (Wildman–Crippen LogP) is 2.45. The number of carbonyl (C=O) groups is 1. The van der Waals surface area contributed by atoms with E-state index in [2.05, 4.69) is 20.0 Å². The summed E-state index contributed by atoms with van der Waals surface area (Å²) in [4.78, 5) is 32.3. The summed E-state index contributed by atoms with van der Waals surface area (Å²) < 4.78 is 46.8. The van der Waals surface area contributed by atoms with Gasteiger partial charge < -0.3 is 19.8 Å². The van der Waals surface area contributed by atoms with E-state index in [-0.39, 0.29) is 11.4 Å². The number of methoxy groups -OCH3 is 1. The molecule has 164 valence electrons. The van der Waals surface area contributed by atoms with E-state index in [4.69, 9.17) is 4.74 Å². The number of H-pyrrole nitrogens is 1. The number of hydrogen-bond donors (Lipinski definition) is 2. The number of rotatable bonds is 9. The average molecular weight is 428 g/mol. The zero-order valence-corrected chi connectivity index (χ0v) is 16.7. The van der Waals surface area contributed by atoms with Gasteiger partial charge in [-0.15, -0.1) is 13.2 Å². The number of carbonyl (C=O) groups excluding carboxylic acids is 1. The minimum atomic E-state index is -4.81. The van der Waals surface area contributed by atoms with Crippen molar-refractivity contribution in [3.05, 3.63) is 58.3 Å². The number of nitrogens with zero attached hydrogens (tertiary/aromatic N) is 2. The Morgan fingerprint density at radius 3 is 2.37 bits per heavy atom. The van der Waals surface area contributed by atoms with Crippen LogP contribution in [0.1, 0.15) is 35.9 Å². The molecule has 0 aliphatic rings. The Labute approximate surface area is 171 Å². The summed E-state index contributed by atoms with van der Waals surface area (Å²) in [6.07, 6.45) is -4.33. The molecule has 1 aromatic carbocycles. The fourth-order valence-electron chi connectivity index (χ4n) is 2.98. The third kappa shape index (κ3) is 6.29. The normalized spacial score (nSPS) is 13.7. The molecule has 2 atom stereocenters. The van der Waals surface area contributed by atoms with Crippen LogP contribution in [0.4, 0.5) is 13.2 Å². The summed E-state index contributed by atoms with van der Waals surface area (Å²) in [5.41, 5.74) is -0.107. The second-order valence-electron chi connectivity index (χ2n) is 6.21. The Bertz CT molecular complexity index is 882. The number of halogens is 3. The standard InChI is InChI=1S/C19H23F3N4O4/c1-4-26(5-2)18(29-3)16(25-17(28)14-10-15(27)24-11-23-14)12-6-8-13(9-7-12)30-19(20,21)22/h6-11,16,18H,4-5H2,1-3H3,(H,25,28)(H,23,24,27)/t16-,18?/m0/s1. The molecule has 2 rings (SSSR count). The molecular weight excluding hydrogens is 405 g/mol. The summed E-state index contributed by atoms with van der Waals surface area (Å²) in [6, 6.07) is 5.42. The lowest BCUT2D eigenvalue weighted by atomic mass is 10.0. The molecule has 11 heteroatoms. The number of alkyl halides is 3. The Morgan fingerprint density at radius 2 is 1.87 bits per heavy atom. The van der Waals surface area contributed by atoms with Gasteiger partial charge >= 0.3 is 6.36 Å². The van der Waals surface area contributed by atoms with Gasteiger partial charge in [0, 0.05) is 13.2 Å². The number of likely N-dealkylation sites (N-methyl/N-ethyl adjacent to an activating group) is 1. The molecule has 30 heavy (non-hydrogen) atoms. The molecule has 1 aromatic heterocycles. The van der Waals surface area contributed by atoms with Crippen LogP contribution in [0, 0.1) is 0 Å². The Balaban J connectivity index is 2.37. The van der Waals surface area contributed by atoms with Crippen molar-refractivity contribution in [2.45, 2.75) is 32.5 Å². The molecule has 0 fully saturated rings. The maximum Gasteiger partial charge on any atom is 0.573 e. The Kier molecular flexibility index (Phi) is 7.95. The highest BCUT2D eigenvalue weighted by atomic mass is 19.4. The molecule has 1 amide bonds. The Morgan fingerprint density at radius 1 is 1.23 bits per heavy atom. The maximum absolute atomic E-state index is 12.7.